The molecule has 2 aromatic carbocycles. The van der Waals surface area contributed by atoms with E-state index in [2.05, 4.69) is 21.9 Å². The molecule has 0 saturated carbocycles. The van der Waals surface area contributed by atoms with Gasteiger partial charge in [-0.15, -0.1) is 0 Å². The predicted molar refractivity (Wildman–Crippen MR) is 122 cm³/mol. The summed E-state index contributed by atoms with van der Waals surface area (Å²) in [7, 11) is 0. The van der Waals surface area contributed by atoms with Crippen molar-refractivity contribution in [3.05, 3.63) is 79.3 Å². The molecule has 0 spiro atoms. The fourth-order valence-corrected chi connectivity index (χ4v) is 3.69. The van der Waals surface area contributed by atoms with Crippen LogP contribution in [0.25, 0.3) is 11.1 Å². The second-order valence-electron chi connectivity index (χ2n) is 7.55. The van der Waals surface area contributed by atoms with Crippen molar-refractivity contribution in [3.8, 4) is 28.7 Å². The molecule has 7 heteroatoms. The third-order valence-electron chi connectivity index (χ3n) is 5.30. The molecule has 0 bridgehead atoms. The lowest BCUT2D eigenvalue weighted by Crippen LogP contribution is -2.45. The lowest BCUT2D eigenvalue weighted by molar-refractivity contribution is -0.127. The van der Waals surface area contributed by atoms with Crippen molar-refractivity contribution in [2.45, 2.75) is 18.9 Å². The monoisotopic (exact) mass is 425 g/mol. The second kappa shape index (κ2) is 9.75. The lowest BCUT2D eigenvalue weighted by atomic mass is 10.0. The second-order valence-corrected chi connectivity index (χ2v) is 7.55. The Morgan fingerprint density at radius 3 is 2.66 bits per heavy atom. The van der Waals surface area contributed by atoms with Crippen molar-refractivity contribution < 1.29 is 9.53 Å². The fourth-order valence-electron chi connectivity index (χ4n) is 3.69. The van der Waals surface area contributed by atoms with Crippen molar-refractivity contribution in [2.24, 2.45) is 0 Å². The summed E-state index contributed by atoms with van der Waals surface area (Å²) in [5.74, 6) is 1.91. The number of likely N-dealkylation sites (tertiary alicyclic amines) is 1. The van der Waals surface area contributed by atoms with Crippen LogP contribution in [-0.2, 0) is 4.79 Å². The molecule has 1 aromatic heterocycles. The van der Waals surface area contributed by atoms with Gasteiger partial charge < -0.3 is 15.0 Å². The summed E-state index contributed by atoms with van der Waals surface area (Å²) in [6.45, 7) is 4.66. The van der Waals surface area contributed by atoms with Crippen LogP contribution < -0.4 is 10.1 Å². The maximum absolute atomic E-state index is 12.3. The molecule has 2 heterocycles. The van der Waals surface area contributed by atoms with Crippen molar-refractivity contribution >= 4 is 11.7 Å². The van der Waals surface area contributed by atoms with Gasteiger partial charge in [0.25, 0.3) is 5.91 Å². The summed E-state index contributed by atoms with van der Waals surface area (Å²) in [5.41, 5.74) is 1.78. The number of hydrogen-bond donors (Lipinski definition) is 1. The number of hydrogen-bond acceptors (Lipinski definition) is 6. The topological polar surface area (TPSA) is 91.1 Å². The lowest BCUT2D eigenvalue weighted by Gasteiger charge is -2.33. The summed E-state index contributed by atoms with van der Waals surface area (Å²) < 4.78 is 5.87. The number of carbonyl (C=O) groups excluding carboxylic acids is 1. The first-order chi connectivity index (χ1) is 15.6. The van der Waals surface area contributed by atoms with Crippen LogP contribution in [-0.4, -0.2) is 39.9 Å². The van der Waals surface area contributed by atoms with E-state index < -0.39 is 0 Å². The van der Waals surface area contributed by atoms with Crippen LogP contribution in [0.4, 0.5) is 5.82 Å². The average molecular weight is 425 g/mol. The summed E-state index contributed by atoms with van der Waals surface area (Å²) in [5, 5.41) is 12.4. The number of rotatable bonds is 6. The molecule has 4 rings (SSSR count). The van der Waals surface area contributed by atoms with Crippen LogP contribution >= 0.6 is 0 Å². The number of piperidine rings is 1. The number of aromatic nitrogens is 2. The van der Waals surface area contributed by atoms with Gasteiger partial charge in [0.1, 0.15) is 35.3 Å². The minimum Gasteiger partial charge on any atom is -0.457 e. The van der Waals surface area contributed by atoms with Crippen molar-refractivity contribution in [1.82, 2.24) is 14.9 Å². The summed E-state index contributed by atoms with van der Waals surface area (Å²) in [6, 6.07) is 19.2. The molecular weight excluding hydrogens is 402 g/mol. The minimum absolute atomic E-state index is 0.0218. The van der Waals surface area contributed by atoms with Crippen molar-refractivity contribution in [1.29, 1.82) is 5.26 Å². The molecule has 0 radical (unpaired) electrons. The Morgan fingerprint density at radius 1 is 1.16 bits per heavy atom. The Morgan fingerprint density at radius 2 is 1.91 bits per heavy atom. The van der Waals surface area contributed by atoms with Gasteiger partial charge in [-0.3, -0.25) is 4.79 Å². The molecule has 1 N–H and O–H groups in total. The molecule has 7 nitrogen and oxygen atoms in total. The average Bonchev–Trinajstić information content (AvgIpc) is 2.85. The van der Waals surface area contributed by atoms with Gasteiger partial charge >= 0.3 is 0 Å². The smallest absolute Gasteiger partial charge is 0.263 e. The van der Waals surface area contributed by atoms with Crippen LogP contribution in [0.3, 0.4) is 0 Å². The zero-order chi connectivity index (χ0) is 22.3. The largest absolute Gasteiger partial charge is 0.457 e. The highest BCUT2D eigenvalue weighted by Crippen LogP contribution is 2.30. The molecule has 1 atom stereocenters. The maximum Gasteiger partial charge on any atom is 0.263 e. The molecule has 160 valence electrons. The van der Waals surface area contributed by atoms with Gasteiger partial charge in [0.2, 0.25) is 0 Å². The van der Waals surface area contributed by atoms with E-state index in [-0.39, 0.29) is 17.5 Å². The third kappa shape index (κ3) is 4.93. The first kappa shape index (κ1) is 21.1. The van der Waals surface area contributed by atoms with E-state index in [0.717, 1.165) is 35.5 Å². The number of nitrogens with one attached hydrogen (secondary N) is 1. The van der Waals surface area contributed by atoms with Crippen LogP contribution in [0.2, 0.25) is 0 Å². The highest BCUT2D eigenvalue weighted by molar-refractivity contribution is 5.96. The Hall–Kier alpha value is -4.18. The van der Waals surface area contributed by atoms with Gasteiger partial charge in [-0.1, -0.05) is 36.9 Å². The van der Waals surface area contributed by atoms with Crippen molar-refractivity contribution in [3.63, 3.8) is 0 Å². The molecule has 0 aliphatic carbocycles. The van der Waals surface area contributed by atoms with E-state index in [1.165, 1.54) is 6.33 Å². The molecule has 1 amide bonds. The number of nitrogens with zero attached hydrogens (tertiary/aromatic N) is 4. The zero-order valence-corrected chi connectivity index (χ0v) is 17.6. The Balaban J connectivity index is 1.48. The Labute approximate surface area is 187 Å². The number of nitriles is 1. The standard InChI is InChI=1S/C25H23N5O2/c1-18(14-26)25(31)30-13-5-6-20(16-30)29-24-23(15-27-17-28-24)19-9-11-22(12-10-19)32-21-7-3-2-4-8-21/h2-4,7-12,15,17,20H,1,5-6,13,16H2,(H,27,28,29). The number of ether oxygens (including phenoxy) is 1. The van der Waals surface area contributed by atoms with E-state index in [4.69, 9.17) is 10.00 Å². The Bertz CT molecular complexity index is 1140. The maximum atomic E-state index is 12.3. The number of carbonyl (C=O) groups is 1. The van der Waals surface area contributed by atoms with E-state index in [1.54, 1.807) is 11.1 Å². The third-order valence-corrected chi connectivity index (χ3v) is 5.30. The predicted octanol–water partition coefficient (Wildman–Crippen LogP) is 4.42. The number of para-hydroxylation sites is 1. The van der Waals surface area contributed by atoms with Crippen LogP contribution in [0.5, 0.6) is 11.5 Å². The summed E-state index contributed by atoms with van der Waals surface area (Å²) >= 11 is 0. The van der Waals surface area contributed by atoms with E-state index in [0.29, 0.717) is 18.9 Å². The first-order valence-corrected chi connectivity index (χ1v) is 10.4. The highest BCUT2D eigenvalue weighted by atomic mass is 16.5. The van der Waals surface area contributed by atoms with Gasteiger partial charge in [0.05, 0.1) is 0 Å². The summed E-state index contributed by atoms with van der Waals surface area (Å²) in [4.78, 5) is 22.6. The molecular formula is C25H23N5O2. The molecule has 1 saturated heterocycles. The van der Waals surface area contributed by atoms with Crippen LogP contribution in [0, 0.1) is 11.3 Å². The molecule has 1 fully saturated rings. The number of benzene rings is 2. The van der Waals surface area contributed by atoms with E-state index in [9.17, 15) is 4.79 Å². The fraction of sp³-hybridized carbons (Fsp3) is 0.200. The van der Waals surface area contributed by atoms with Gasteiger partial charge in [0, 0.05) is 30.9 Å². The summed E-state index contributed by atoms with van der Waals surface area (Å²) in [6.07, 6.45) is 5.01. The van der Waals surface area contributed by atoms with Gasteiger partial charge in [-0.05, 0) is 42.7 Å². The normalized spacial score (nSPS) is 15.5. The molecule has 1 aliphatic heterocycles. The molecule has 1 unspecified atom stereocenters. The molecule has 1 aliphatic rings. The van der Waals surface area contributed by atoms with Crippen LogP contribution in [0.15, 0.2) is 79.3 Å². The van der Waals surface area contributed by atoms with Gasteiger partial charge in [-0.25, -0.2) is 9.97 Å². The molecule has 3 aromatic rings. The van der Waals surface area contributed by atoms with E-state index in [1.807, 2.05) is 60.7 Å². The first-order valence-electron chi connectivity index (χ1n) is 10.4. The van der Waals surface area contributed by atoms with Gasteiger partial charge in [-0.2, -0.15) is 5.26 Å². The van der Waals surface area contributed by atoms with Gasteiger partial charge in [0.15, 0.2) is 0 Å². The van der Waals surface area contributed by atoms with E-state index >= 15 is 0 Å². The molecule has 32 heavy (non-hydrogen) atoms. The zero-order valence-electron chi connectivity index (χ0n) is 17.6. The quantitative estimate of drug-likeness (QED) is 0.464. The number of amides is 1. The Kier molecular flexibility index (Phi) is 6.42. The highest BCUT2D eigenvalue weighted by Gasteiger charge is 2.25. The van der Waals surface area contributed by atoms with Crippen LogP contribution in [0.1, 0.15) is 12.8 Å². The minimum atomic E-state index is -0.309. The number of anilines is 1. The SMILES string of the molecule is C=C(C#N)C(=O)N1CCCC(Nc2ncncc2-c2ccc(Oc3ccccc3)cc2)C1. The van der Waals surface area contributed by atoms with Crippen molar-refractivity contribution in [2.75, 3.05) is 18.4 Å².